The molecule has 164 valence electrons. The third-order valence-corrected chi connectivity index (χ3v) is 4.69. The molecule has 0 heterocycles. The van der Waals surface area contributed by atoms with Gasteiger partial charge >= 0.3 is 6.09 Å². The quantitative estimate of drug-likeness (QED) is 0.397. The van der Waals surface area contributed by atoms with E-state index in [0.717, 1.165) is 10.6 Å². The summed E-state index contributed by atoms with van der Waals surface area (Å²) in [5.74, 6) is 0.114. The molecule has 0 atom stereocenters. The minimum Gasteiger partial charge on any atom is -0.508 e. The molecular formula is C24H26Cl2N2O3. The predicted molar refractivity (Wildman–Crippen MR) is 127 cm³/mol. The van der Waals surface area contributed by atoms with Crippen LogP contribution in [0, 0.1) is 0 Å². The van der Waals surface area contributed by atoms with Gasteiger partial charge in [0.15, 0.2) is 0 Å². The fourth-order valence-corrected chi connectivity index (χ4v) is 3.03. The number of halogens is 2. The van der Waals surface area contributed by atoms with Crippen molar-refractivity contribution >= 4 is 35.0 Å². The number of carbonyl (C=O) groups is 1. The van der Waals surface area contributed by atoms with Crippen molar-refractivity contribution in [1.29, 1.82) is 0 Å². The topological polar surface area (TPSA) is 61.8 Å². The normalized spacial score (nSPS) is 9.90. The Kier molecular flexibility index (Phi) is 10.6. The first-order valence-corrected chi connectivity index (χ1v) is 10.6. The van der Waals surface area contributed by atoms with Crippen molar-refractivity contribution in [2.75, 3.05) is 25.0 Å². The molecule has 3 rings (SSSR count). The Bertz CT molecular complexity index is 925. The standard InChI is InChI=1S/C18H21ClN2O3.C6H5Cl/c1-2-24-18(23)21(13-14-6-4-3-5-7-14)11-10-20-17-9-8-15(22)12-16(17)19;7-6-4-2-1-3-5-6/h3-9,12,20,22H,2,10-11,13H2,1H3;1-5H. The number of anilines is 1. The van der Waals surface area contributed by atoms with Crippen LogP contribution >= 0.6 is 23.2 Å². The van der Waals surface area contributed by atoms with Crippen LogP contribution in [0.2, 0.25) is 10.0 Å². The van der Waals surface area contributed by atoms with Crippen molar-refractivity contribution in [2.45, 2.75) is 13.5 Å². The molecule has 1 amide bonds. The van der Waals surface area contributed by atoms with E-state index in [1.165, 1.54) is 6.07 Å². The van der Waals surface area contributed by atoms with E-state index in [-0.39, 0.29) is 11.8 Å². The Balaban J connectivity index is 0.000000412. The van der Waals surface area contributed by atoms with Crippen LogP contribution in [0.3, 0.4) is 0 Å². The number of benzene rings is 3. The van der Waals surface area contributed by atoms with Crippen LogP contribution in [0.15, 0.2) is 78.9 Å². The molecule has 0 aromatic heterocycles. The van der Waals surface area contributed by atoms with Crippen molar-refractivity contribution < 1.29 is 14.6 Å². The average molecular weight is 461 g/mol. The number of rotatable bonds is 7. The molecular weight excluding hydrogens is 435 g/mol. The SMILES string of the molecule is CCOC(=O)N(CCNc1ccc(O)cc1Cl)Cc1ccccc1.Clc1ccccc1. The van der Waals surface area contributed by atoms with Gasteiger partial charge in [0.05, 0.1) is 17.3 Å². The Morgan fingerprint density at radius 2 is 1.65 bits per heavy atom. The molecule has 0 aliphatic carbocycles. The highest BCUT2D eigenvalue weighted by Crippen LogP contribution is 2.25. The van der Waals surface area contributed by atoms with Crippen LogP contribution in [0.25, 0.3) is 0 Å². The lowest BCUT2D eigenvalue weighted by molar-refractivity contribution is 0.106. The van der Waals surface area contributed by atoms with Gasteiger partial charge in [-0.1, -0.05) is 71.7 Å². The van der Waals surface area contributed by atoms with Gasteiger partial charge in [0, 0.05) is 30.7 Å². The monoisotopic (exact) mass is 460 g/mol. The maximum absolute atomic E-state index is 12.1. The number of phenols is 1. The van der Waals surface area contributed by atoms with E-state index in [1.54, 1.807) is 24.0 Å². The zero-order valence-corrected chi connectivity index (χ0v) is 18.8. The minimum absolute atomic E-state index is 0.114. The molecule has 3 aromatic rings. The number of hydrogen-bond acceptors (Lipinski definition) is 4. The molecule has 0 saturated heterocycles. The fraction of sp³-hybridized carbons (Fsp3) is 0.208. The molecule has 0 fully saturated rings. The molecule has 31 heavy (non-hydrogen) atoms. The summed E-state index contributed by atoms with van der Waals surface area (Å²) in [6, 6.07) is 23.9. The second kappa shape index (κ2) is 13.4. The number of aromatic hydroxyl groups is 1. The second-order valence-electron chi connectivity index (χ2n) is 6.49. The van der Waals surface area contributed by atoms with Crippen LogP contribution < -0.4 is 5.32 Å². The molecule has 2 N–H and O–H groups in total. The summed E-state index contributed by atoms with van der Waals surface area (Å²) in [5, 5.41) is 13.8. The lowest BCUT2D eigenvalue weighted by Gasteiger charge is -2.22. The maximum Gasteiger partial charge on any atom is 0.410 e. The van der Waals surface area contributed by atoms with E-state index in [4.69, 9.17) is 27.9 Å². The van der Waals surface area contributed by atoms with E-state index in [0.29, 0.717) is 37.0 Å². The van der Waals surface area contributed by atoms with Crippen molar-refractivity contribution in [3.05, 3.63) is 94.5 Å². The molecule has 3 aromatic carbocycles. The molecule has 5 nitrogen and oxygen atoms in total. The molecule has 0 spiro atoms. The van der Waals surface area contributed by atoms with E-state index >= 15 is 0 Å². The van der Waals surface area contributed by atoms with Gasteiger partial charge in [-0.3, -0.25) is 0 Å². The summed E-state index contributed by atoms with van der Waals surface area (Å²) in [7, 11) is 0. The Morgan fingerprint density at radius 1 is 1.00 bits per heavy atom. The minimum atomic E-state index is -0.347. The van der Waals surface area contributed by atoms with E-state index in [2.05, 4.69) is 5.32 Å². The van der Waals surface area contributed by atoms with Gasteiger partial charge < -0.3 is 20.1 Å². The first-order chi connectivity index (χ1) is 15.0. The van der Waals surface area contributed by atoms with Gasteiger partial charge in [0.1, 0.15) is 5.75 Å². The molecule has 0 unspecified atom stereocenters. The third kappa shape index (κ3) is 9.20. The summed E-state index contributed by atoms with van der Waals surface area (Å²) < 4.78 is 5.12. The van der Waals surface area contributed by atoms with Gasteiger partial charge in [-0.05, 0) is 36.8 Å². The smallest absolute Gasteiger partial charge is 0.410 e. The number of phenolic OH excluding ortho intramolecular Hbond substituents is 1. The number of nitrogens with zero attached hydrogens (tertiary/aromatic N) is 1. The third-order valence-electron chi connectivity index (χ3n) is 4.13. The first-order valence-electron chi connectivity index (χ1n) is 9.88. The van der Waals surface area contributed by atoms with E-state index < -0.39 is 0 Å². The lowest BCUT2D eigenvalue weighted by atomic mass is 10.2. The Hall–Kier alpha value is -2.89. The van der Waals surface area contributed by atoms with Gasteiger partial charge in [0.25, 0.3) is 0 Å². The summed E-state index contributed by atoms with van der Waals surface area (Å²) >= 11 is 11.6. The summed E-state index contributed by atoms with van der Waals surface area (Å²) in [5.41, 5.74) is 1.74. The molecule has 0 saturated carbocycles. The van der Waals surface area contributed by atoms with E-state index in [1.807, 2.05) is 60.7 Å². The van der Waals surface area contributed by atoms with Crippen LogP contribution in [-0.2, 0) is 11.3 Å². The fourth-order valence-electron chi connectivity index (χ4n) is 2.64. The molecule has 0 radical (unpaired) electrons. The van der Waals surface area contributed by atoms with Gasteiger partial charge in [0.2, 0.25) is 0 Å². The van der Waals surface area contributed by atoms with Crippen LogP contribution in [0.5, 0.6) is 5.75 Å². The van der Waals surface area contributed by atoms with Crippen molar-refractivity contribution in [2.24, 2.45) is 0 Å². The van der Waals surface area contributed by atoms with Crippen molar-refractivity contribution in [1.82, 2.24) is 4.90 Å². The zero-order chi connectivity index (χ0) is 22.5. The Morgan fingerprint density at radius 3 is 2.19 bits per heavy atom. The van der Waals surface area contributed by atoms with E-state index in [9.17, 15) is 9.90 Å². The molecule has 0 bridgehead atoms. The number of amides is 1. The molecule has 7 heteroatoms. The highest BCUT2D eigenvalue weighted by atomic mass is 35.5. The highest BCUT2D eigenvalue weighted by molar-refractivity contribution is 6.33. The summed E-state index contributed by atoms with van der Waals surface area (Å²) in [6.45, 7) is 3.57. The van der Waals surface area contributed by atoms with Gasteiger partial charge in [-0.2, -0.15) is 0 Å². The summed E-state index contributed by atoms with van der Waals surface area (Å²) in [6.07, 6.45) is -0.347. The van der Waals surface area contributed by atoms with Gasteiger partial charge in [-0.25, -0.2) is 4.79 Å². The largest absolute Gasteiger partial charge is 0.508 e. The second-order valence-corrected chi connectivity index (χ2v) is 7.34. The lowest BCUT2D eigenvalue weighted by Crippen LogP contribution is -2.35. The van der Waals surface area contributed by atoms with Crippen molar-refractivity contribution in [3.8, 4) is 5.75 Å². The summed E-state index contributed by atoms with van der Waals surface area (Å²) in [4.78, 5) is 13.8. The number of carbonyl (C=O) groups excluding carboxylic acids is 1. The molecule has 0 aliphatic rings. The van der Waals surface area contributed by atoms with Crippen LogP contribution in [-0.4, -0.2) is 35.8 Å². The zero-order valence-electron chi connectivity index (χ0n) is 17.3. The number of nitrogens with one attached hydrogen (secondary N) is 1. The number of ether oxygens (including phenoxy) is 1. The number of hydrogen-bond donors (Lipinski definition) is 2. The predicted octanol–water partition coefficient (Wildman–Crippen LogP) is 6.46. The van der Waals surface area contributed by atoms with Crippen LogP contribution in [0.4, 0.5) is 10.5 Å². The highest BCUT2D eigenvalue weighted by Gasteiger charge is 2.15. The molecule has 0 aliphatic heterocycles. The van der Waals surface area contributed by atoms with Gasteiger partial charge in [-0.15, -0.1) is 0 Å². The Labute approximate surface area is 193 Å². The average Bonchev–Trinajstić information content (AvgIpc) is 2.76. The maximum atomic E-state index is 12.1. The van der Waals surface area contributed by atoms with Crippen LogP contribution in [0.1, 0.15) is 12.5 Å². The van der Waals surface area contributed by atoms with Crippen molar-refractivity contribution in [3.63, 3.8) is 0 Å². The first kappa shape index (κ1) is 24.4.